The van der Waals surface area contributed by atoms with Crippen molar-refractivity contribution in [1.82, 2.24) is 0 Å². The van der Waals surface area contributed by atoms with E-state index >= 15 is 0 Å². The highest BCUT2D eigenvalue weighted by atomic mass is 35.5. The largest absolute Gasteiger partial charge is 0.486 e. The van der Waals surface area contributed by atoms with Crippen LogP contribution in [0.1, 0.15) is 22.8 Å². The number of alkyl halides is 2. The lowest BCUT2D eigenvalue weighted by atomic mass is 10.1. The Morgan fingerprint density at radius 2 is 1.86 bits per heavy atom. The first-order valence-electron chi connectivity index (χ1n) is 6.27. The zero-order valence-corrected chi connectivity index (χ0v) is 12.0. The van der Waals surface area contributed by atoms with Crippen LogP contribution in [0.3, 0.4) is 0 Å². The Bertz CT molecular complexity index is 642. The maximum atomic E-state index is 14.0. The highest BCUT2D eigenvalue weighted by Crippen LogP contribution is 2.30. The number of benzene rings is 2. The normalized spacial score (nSPS) is 11.2. The number of hydrogen-bond donors (Lipinski definition) is 0. The number of rotatable bonds is 5. The molecule has 110 valence electrons. The van der Waals surface area contributed by atoms with E-state index in [1.165, 1.54) is 49.4 Å². The summed E-state index contributed by atoms with van der Waals surface area (Å²) in [5.74, 6) is -3.34. The quantitative estimate of drug-likeness (QED) is 0.747. The number of Topliss-reactive ketones (excluding diaryl/α,β-unsaturated/α-hetero) is 1. The van der Waals surface area contributed by atoms with Gasteiger partial charge in [-0.25, -0.2) is 0 Å². The number of ketones is 1. The van der Waals surface area contributed by atoms with Crippen LogP contribution in [0.4, 0.5) is 8.78 Å². The first kappa shape index (κ1) is 15.4. The molecule has 0 aliphatic heterocycles. The van der Waals surface area contributed by atoms with E-state index in [-0.39, 0.29) is 22.7 Å². The Kier molecular flexibility index (Phi) is 4.58. The zero-order chi connectivity index (χ0) is 15.5. The zero-order valence-electron chi connectivity index (χ0n) is 11.3. The lowest BCUT2D eigenvalue weighted by Gasteiger charge is -2.18. The van der Waals surface area contributed by atoms with E-state index in [0.29, 0.717) is 5.02 Å². The molecule has 0 unspecified atom stereocenters. The minimum Gasteiger partial charge on any atom is -0.486 e. The molecule has 0 aliphatic rings. The van der Waals surface area contributed by atoms with Crippen LogP contribution >= 0.6 is 11.6 Å². The van der Waals surface area contributed by atoms with Crippen LogP contribution in [0.2, 0.25) is 5.02 Å². The van der Waals surface area contributed by atoms with Gasteiger partial charge >= 0.3 is 5.92 Å². The van der Waals surface area contributed by atoms with Crippen LogP contribution in [0.15, 0.2) is 48.5 Å². The highest BCUT2D eigenvalue weighted by molar-refractivity contribution is 6.31. The molecule has 21 heavy (non-hydrogen) atoms. The third-order valence-electron chi connectivity index (χ3n) is 2.93. The molecule has 0 fully saturated rings. The molecule has 0 N–H and O–H groups in total. The van der Waals surface area contributed by atoms with E-state index in [9.17, 15) is 13.6 Å². The minimum absolute atomic E-state index is 0.0995. The van der Waals surface area contributed by atoms with Crippen molar-refractivity contribution >= 4 is 17.4 Å². The second-order valence-corrected chi connectivity index (χ2v) is 4.99. The maximum absolute atomic E-state index is 14.0. The second-order valence-electron chi connectivity index (χ2n) is 4.56. The van der Waals surface area contributed by atoms with Gasteiger partial charge in [-0.1, -0.05) is 41.9 Å². The van der Waals surface area contributed by atoms with Gasteiger partial charge in [-0.3, -0.25) is 4.79 Å². The molecule has 5 heteroatoms. The van der Waals surface area contributed by atoms with Gasteiger partial charge in [-0.2, -0.15) is 8.78 Å². The summed E-state index contributed by atoms with van der Waals surface area (Å²) in [5.41, 5.74) is 0.0506. The molecule has 0 radical (unpaired) electrons. The summed E-state index contributed by atoms with van der Waals surface area (Å²) >= 11 is 5.79. The van der Waals surface area contributed by atoms with Gasteiger partial charge < -0.3 is 4.74 Å². The standard InChI is InChI=1S/C16H13ClF2O2/c1-11(20)14-9-13(17)7-8-15(14)21-10-16(18,19)12-5-3-2-4-6-12/h2-9H,10H2,1H3. The first-order valence-corrected chi connectivity index (χ1v) is 6.64. The van der Waals surface area contributed by atoms with Crippen molar-refractivity contribution in [3.8, 4) is 5.75 Å². The Morgan fingerprint density at radius 3 is 2.48 bits per heavy atom. The van der Waals surface area contributed by atoms with Crippen LogP contribution in [0.5, 0.6) is 5.75 Å². The van der Waals surface area contributed by atoms with Crippen molar-refractivity contribution in [3.05, 3.63) is 64.7 Å². The van der Waals surface area contributed by atoms with Gasteiger partial charge in [0, 0.05) is 10.6 Å². The van der Waals surface area contributed by atoms with Crippen molar-refractivity contribution in [2.45, 2.75) is 12.8 Å². The average molecular weight is 311 g/mol. The molecule has 0 amide bonds. The SMILES string of the molecule is CC(=O)c1cc(Cl)ccc1OCC(F)(F)c1ccccc1. The second kappa shape index (κ2) is 6.22. The Balaban J connectivity index is 2.18. The molecule has 2 nitrogen and oxygen atoms in total. The molecule has 2 rings (SSSR count). The number of hydrogen-bond acceptors (Lipinski definition) is 2. The summed E-state index contributed by atoms with van der Waals surface area (Å²) in [6, 6.07) is 11.7. The number of carbonyl (C=O) groups excluding carboxylic acids is 1. The average Bonchev–Trinajstić information content (AvgIpc) is 2.47. The van der Waals surface area contributed by atoms with E-state index in [2.05, 4.69) is 0 Å². The van der Waals surface area contributed by atoms with Crippen molar-refractivity contribution in [3.63, 3.8) is 0 Å². The van der Waals surface area contributed by atoms with E-state index in [0.717, 1.165) is 0 Å². The van der Waals surface area contributed by atoms with Crippen LogP contribution in [0.25, 0.3) is 0 Å². The highest BCUT2D eigenvalue weighted by Gasteiger charge is 2.32. The number of ether oxygens (including phenoxy) is 1. The third kappa shape index (κ3) is 3.79. The number of halogens is 3. The van der Waals surface area contributed by atoms with Crippen LogP contribution in [-0.4, -0.2) is 12.4 Å². The van der Waals surface area contributed by atoms with Gasteiger partial charge in [0.15, 0.2) is 12.4 Å². The fraction of sp³-hybridized carbons (Fsp3) is 0.188. The van der Waals surface area contributed by atoms with E-state index in [1.807, 2.05) is 0 Å². The van der Waals surface area contributed by atoms with Crippen molar-refractivity contribution in [2.75, 3.05) is 6.61 Å². The molecule has 0 heterocycles. The first-order chi connectivity index (χ1) is 9.90. The van der Waals surface area contributed by atoms with Crippen LogP contribution < -0.4 is 4.74 Å². The van der Waals surface area contributed by atoms with Gasteiger partial charge in [0.2, 0.25) is 0 Å². The summed E-state index contributed by atoms with van der Waals surface area (Å²) in [6.07, 6.45) is 0. The maximum Gasteiger partial charge on any atom is 0.306 e. The monoisotopic (exact) mass is 310 g/mol. The Morgan fingerprint density at radius 1 is 1.19 bits per heavy atom. The van der Waals surface area contributed by atoms with Gasteiger partial charge in [0.05, 0.1) is 5.56 Å². The fourth-order valence-corrected chi connectivity index (χ4v) is 2.01. The lowest BCUT2D eigenvalue weighted by molar-refractivity contribution is -0.0468. The summed E-state index contributed by atoms with van der Waals surface area (Å²) in [4.78, 5) is 11.5. The molecule has 0 spiro atoms. The topological polar surface area (TPSA) is 26.3 Å². The van der Waals surface area contributed by atoms with Gasteiger partial charge in [0.1, 0.15) is 5.75 Å². The van der Waals surface area contributed by atoms with Crippen molar-refractivity contribution < 1.29 is 18.3 Å². The van der Waals surface area contributed by atoms with Crippen LogP contribution in [0, 0.1) is 0 Å². The molecule has 0 aromatic heterocycles. The summed E-state index contributed by atoms with van der Waals surface area (Å²) in [6.45, 7) is 0.479. The number of carbonyl (C=O) groups is 1. The predicted molar refractivity (Wildman–Crippen MR) is 77.3 cm³/mol. The summed E-state index contributed by atoms with van der Waals surface area (Å²) < 4.78 is 33.2. The molecule has 2 aromatic rings. The molecule has 0 aliphatic carbocycles. The van der Waals surface area contributed by atoms with E-state index in [1.54, 1.807) is 6.07 Å². The predicted octanol–water partition coefficient (Wildman–Crippen LogP) is 4.71. The Hall–Kier alpha value is -1.94. The molecule has 0 saturated heterocycles. The molecule has 0 saturated carbocycles. The summed E-state index contributed by atoms with van der Waals surface area (Å²) in [5, 5.41) is 0.349. The molecular formula is C16H13ClF2O2. The third-order valence-corrected chi connectivity index (χ3v) is 3.16. The minimum atomic E-state index is -3.14. The molecule has 0 bridgehead atoms. The van der Waals surface area contributed by atoms with Gasteiger partial charge in [-0.05, 0) is 25.1 Å². The van der Waals surface area contributed by atoms with E-state index in [4.69, 9.17) is 16.3 Å². The van der Waals surface area contributed by atoms with Gasteiger partial charge in [0.25, 0.3) is 0 Å². The van der Waals surface area contributed by atoms with E-state index < -0.39 is 12.5 Å². The van der Waals surface area contributed by atoms with Crippen molar-refractivity contribution in [1.29, 1.82) is 0 Å². The lowest BCUT2D eigenvalue weighted by Crippen LogP contribution is -2.23. The van der Waals surface area contributed by atoms with Crippen LogP contribution in [-0.2, 0) is 5.92 Å². The summed E-state index contributed by atoms with van der Waals surface area (Å²) in [7, 11) is 0. The Labute approximate surface area is 126 Å². The smallest absolute Gasteiger partial charge is 0.306 e. The fourth-order valence-electron chi connectivity index (χ4n) is 1.84. The molecular weight excluding hydrogens is 298 g/mol. The van der Waals surface area contributed by atoms with Crippen molar-refractivity contribution in [2.24, 2.45) is 0 Å². The molecule has 2 aromatic carbocycles. The van der Waals surface area contributed by atoms with Gasteiger partial charge in [-0.15, -0.1) is 0 Å². The molecule has 0 atom stereocenters.